The summed E-state index contributed by atoms with van der Waals surface area (Å²) < 4.78 is 37.6. The van der Waals surface area contributed by atoms with Gasteiger partial charge in [0, 0.05) is 6.54 Å². The number of ether oxygens (including phenoxy) is 2. The maximum atomic E-state index is 12.5. The van der Waals surface area contributed by atoms with E-state index < -0.39 is 16.0 Å². The Labute approximate surface area is 168 Å². The summed E-state index contributed by atoms with van der Waals surface area (Å²) in [6.07, 6.45) is 0. The lowest BCUT2D eigenvalue weighted by Gasteiger charge is -2.11. The van der Waals surface area contributed by atoms with Gasteiger partial charge in [-0.25, -0.2) is 17.9 Å². The van der Waals surface area contributed by atoms with E-state index in [1.165, 1.54) is 25.3 Å². The zero-order valence-electron chi connectivity index (χ0n) is 15.0. The molecule has 0 amide bonds. The van der Waals surface area contributed by atoms with Crippen LogP contribution in [0, 0.1) is 0 Å². The van der Waals surface area contributed by atoms with Crippen molar-refractivity contribution in [1.82, 2.24) is 4.72 Å². The lowest BCUT2D eigenvalue weighted by Crippen LogP contribution is -2.28. The van der Waals surface area contributed by atoms with Crippen LogP contribution >= 0.6 is 11.6 Å². The van der Waals surface area contributed by atoms with E-state index in [9.17, 15) is 13.2 Å². The van der Waals surface area contributed by atoms with Crippen LogP contribution in [0.4, 0.5) is 0 Å². The molecule has 3 aromatic carbocycles. The maximum Gasteiger partial charge on any atom is 0.337 e. The van der Waals surface area contributed by atoms with Gasteiger partial charge in [-0.15, -0.1) is 0 Å². The molecule has 146 valence electrons. The van der Waals surface area contributed by atoms with Gasteiger partial charge in [-0.1, -0.05) is 41.9 Å². The van der Waals surface area contributed by atoms with Crippen LogP contribution in [0.1, 0.15) is 10.4 Å². The molecule has 0 aromatic heterocycles. The summed E-state index contributed by atoms with van der Waals surface area (Å²) in [6.45, 7) is 0.166. The molecule has 0 saturated carbocycles. The Kier molecular flexibility index (Phi) is 6.18. The predicted molar refractivity (Wildman–Crippen MR) is 107 cm³/mol. The number of hydrogen-bond acceptors (Lipinski definition) is 5. The first-order chi connectivity index (χ1) is 13.4. The number of esters is 1. The van der Waals surface area contributed by atoms with Crippen molar-refractivity contribution < 1.29 is 22.7 Å². The Morgan fingerprint density at radius 3 is 2.54 bits per heavy atom. The summed E-state index contributed by atoms with van der Waals surface area (Å²) in [5.41, 5.74) is 0.0969. The minimum atomic E-state index is -3.91. The zero-order chi connectivity index (χ0) is 20.1. The standard InChI is InChI=1S/C20H18ClNO5S/c1-26-20(23)16-7-9-18(21)19(13-16)28(24,25)22-10-11-27-17-8-6-14-4-2-3-5-15(14)12-17/h2-9,12-13,22H,10-11H2,1H3. The van der Waals surface area contributed by atoms with Crippen LogP contribution in [0.2, 0.25) is 5.02 Å². The molecule has 1 N–H and O–H groups in total. The van der Waals surface area contributed by atoms with Crippen molar-refractivity contribution in [3.8, 4) is 5.75 Å². The van der Waals surface area contributed by atoms with Gasteiger partial charge in [-0.3, -0.25) is 0 Å². The second-order valence-electron chi connectivity index (χ2n) is 5.89. The lowest BCUT2D eigenvalue weighted by molar-refractivity contribution is 0.0600. The summed E-state index contributed by atoms with van der Waals surface area (Å²) >= 11 is 5.99. The highest BCUT2D eigenvalue weighted by atomic mass is 35.5. The third kappa shape index (κ3) is 4.62. The largest absolute Gasteiger partial charge is 0.492 e. The lowest BCUT2D eigenvalue weighted by atomic mass is 10.1. The number of hydrogen-bond donors (Lipinski definition) is 1. The maximum absolute atomic E-state index is 12.5. The Bertz CT molecular complexity index is 1110. The molecule has 0 aliphatic heterocycles. The highest BCUT2D eigenvalue weighted by Gasteiger charge is 2.20. The molecule has 0 spiro atoms. The van der Waals surface area contributed by atoms with Gasteiger partial charge in [0.25, 0.3) is 0 Å². The summed E-state index contributed by atoms with van der Waals surface area (Å²) in [6, 6.07) is 17.4. The fraction of sp³-hybridized carbons (Fsp3) is 0.150. The van der Waals surface area contributed by atoms with Crippen molar-refractivity contribution in [3.63, 3.8) is 0 Å². The Morgan fingerprint density at radius 1 is 1.04 bits per heavy atom. The molecule has 0 radical (unpaired) electrons. The van der Waals surface area contributed by atoms with Gasteiger partial charge in [-0.05, 0) is 41.1 Å². The normalized spacial score (nSPS) is 11.4. The van der Waals surface area contributed by atoms with Gasteiger partial charge in [-0.2, -0.15) is 0 Å². The molecule has 0 aliphatic carbocycles. The number of methoxy groups -OCH3 is 1. The van der Waals surface area contributed by atoms with Crippen LogP contribution in [-0.4, -0.2) is 34.6 Å². The van der Waals surface area contributed by atoms with E-state index in [-0.39, 0.29) is 28.6 Å². The average molecular weight is 420 g/mol. The molecule has 3 aromatic rings. The van der Waals surface area contributed by atoms with Gasteiger partial charge < -0.3 is 9.47 Å². The van der Waals surface area contributed by atoms with Crippen molar-refractivity contribution >= 4 is 38.4 Å². The summed E-state index contributed by atoms with van der Waals surface area (Å²) in [4.78, 5) is 11.4. The van der Waals surface area contributed by atoms with E-state index in [0.717, 1.165) is 10.8 Å². The molecule has 0 bridgehead atoms. The molecule has 0 unspecified atom stereocenters. The highest BCUT2D eigenvalue weighted by molar-refractivity contribution is 7.89. The molecule has 8 heteroatoms. The second kappa shape index (κ2) is 8.60. The van der Waals surface area contributed by atoms with E-state index in [2.05, 4.69) is 9.46 Å². The van der Waals surface area contributed by atoms with E-state index in [1.807, 2.05) is 42.5 Å². The smallest absolute Gasteiger partial charge is 0.337 e. The minimum Gasteiger partial charge on any atom is -0.492 e. The number of halogens is 1. The van der Waals surface area contributed by atoms with Crippen LogP contribution in [0.25, 0.3) is 10.8 Å². The number of carbonyl (C=O) groups is 1. The fourth-order valence-corrected chi connectivity index (χ4v) is 4.17. The van der Waals surface area contributed by atoms with Crippen molar-refractivity contribution in [2.24, 2.45) is 0 Å². The third-order valence-corrected chi connectivity index (χ3v) is 5.97. The predicted octanol–water partition coefficient (Wildman–Crippen LogP) is 3.64. The number of fused-ring (bicyclic) bond motifs is 1. The first kappa shape index (κ1) is 20.1. The van der Waals surface area contributed by atoms with Crippen molar-refractivity contribution in [2.45, 2.75) is 4.90 Å². The molecule has 0 atom stereocenters. The Morgan fingerprint density at radius 2 is 1.79 bits per heavy atom. The Hall–Kier alpha value is -2.61. The summed E-state index contributed by atoms with van der Waals surface area (Å²) in [5.74, 6) is -0.00336. The average Bonchev–Trinajstić information content (AvgIpc) is 2.70. The first-order valence-corrected chi connectivity index (χ1v) is 10.3. The molecule has 0 saturated heterocycles. The molecule has 0 fully saturated rings. The molecular weight excluding hydrogens is 402 g/mol. The van der Waals surface area contributed by atoms with Crippen LogP contribution in [0.3, 0.4) is 0 Å². The van der Waals surface area contributed by atoms with Crippen molar-refractivity contribution in [3.05, 3.63) is 71.2 Å². The number of nitrogens with one attached hydrogen (secondary N) is 1. The number of benzene rings is 3. The summed E-state index contributed by atoms with van der Waals surface area (Å²) in [7, 11) is -2.70. The molecule has 3 rings (SSSR count). The summed E-state index contributed by atoms with van der Waals surface area (Å²) in [5, 5.41) is 2.14. The third-order valence-electron chi connectivity index (χ3n) is 4.03. The van der Waals surface area contributed by atoms with Crippen molar-refractivity contribution in [2.75, 3.05) is 20.3 Å². The SMILES string of the molecule is COC(=O)c1ccc(Cl)c(S(=O)(=O)NCCOc2ccc3ccccc3c2)c1. The van der Waals surface area contributed by atoms with Gasteiger partial charge in [0.1, 0.15) is 17.3 Å². The van der Waals surface area contributed by atoms with Gasteiger partial charge in [0.05, 0.1) is 17.7 Å². The topological polar surface area (TPSA) is 81.7 Å². The molecule has 6 nitrogen and oxygen atoms in total. The molecule has 0 aliphatic rings. The zero-order valence-corrected chi connectivity index (χ0v) is 16.6. The monoisotopic (exact) mass is 419 g/mol. The van der Waals surface area contributed by atoms with E-state index in [4.69, 9.17) is 16.3 Å². The quantitative estimate of drug-likeness (QED) is 0.467. The van der Waals surface area contributed by atoms with E-state index in [0.29, 0.717) is 5.75 Å². The van der Waals surface area contributed by atoms with Gasteiger partial charge >= 0.3 is 5.97 Å². The minimum absolute atomic E-state index is 0.00982. The van der Waals surface area contributed by atoms with Crippen molar-refractivity contribution in [1.29, 1.82) is 0 Å². The second-order valence-corrected chi connectivity index (χ2v) is 8.03. The van der Waals surface area contributed by atoms with Gasteiger partial charge in [0.2, 0.25) is 10.0 Å². The molecular formula is C20H18ClNO5S. The van der Waals surface area contributed by atoms with E-state index in [1.54, 1.807) is 0 Å². The fourth-order valence-electron chi connectivity index (χ4n) is 2.63. The number of sulfonamides is 1. The first-order valence-electron chi connectivity index (χ1n) is 8.40. The number of carbonyl (C=O) groups excluding carboxylic acids is 1. The molecule has 0 heterocycles. The highest BCUT2D eigenvalue weighted by Crippen LogP contribution is 2.23. The van der Waals surface area contributed by atoms with Crippen LogP contribution in [-0.2, 0) is 14.8 Å². The van der Waals surface area contributed by atoms with Crippen LogP contribution < -0.4 is 9.46 Å². The van der Waals surface area contributed by atoms with E-state index >= 15 is 0 Å². The Balaban J connectivity index is 1.64. The van der Waals surface area contributed by atoms with Gasteiger partial charge in [0.15, 0.2) is 0 Å². The number of rotatable bonds is 7. The molecule has 28 heavy (non-hydrogen) atoms. The van der Waals surface area contributed by atoms with Crippen LogP contribution in [0.15, 0.2) is 65.6 Å². The van der Waals surface area contributed by atoms with Crippen LogP contribution in [0.5, 0.6) is 5.75 Å².